The molecule has 0 spiro atoms. The standard InChI is InChI=1S/C28H34N4O4S/c1-16-30-31-26(37-16)29-25(33)19-13-18-7-5-6-8-20(18)21(14-19)22-15-23(22)32(27(34)35)24(28(2,3)4)17-9-11-36-12-10-17/h5-8,13-14,17,22-24H,9-12,15H2,1-4H3,(H,34,35)(H,29,31,33)/t22-,23+,24?/m0/s1. The number of aryl methyl sites for hydroxylation is 1. The van der Waals surface area contributed by atoms with Gasteiger partial charge in [0.05, 0.1) is 0 Å². The van der Waals surface area contributed by atoms with Gasteiger partial charge in [0.1, 0.15) is 5.01 Å². The molecule has 2 fully saturated rings. The molecule has 196 valence electrons. The Morgan fingerprint density at radius 2 is 1.89 bits per heavy atom. The van der Waals surface area contributed by atoms with E-state index < -0.39 is 6.09 Å². The number of aromatic nitrogens is 2. The van der Waals surface area contributed by atoms with Gasteiger partial charge in [0.15, 0.2) is 0 Å². The fraction of sp³-hybridized carbons (Fsp3) is 0.500. The summed E-state index contributed by atoms with van der Waals surface area (Å²) in [6.45, 7) is 9.60. The molecule has 8 nitrogen and oxygen atoms in total. The molecular formula is C28H34N4O4S. The van der Waals surface area contributed by atoms with Gasteiger partial charge in [-0.25, -0.2) is 4.79 Å². The van der Waals surface area contributed by atoms with Crippen molar-refractivity contribution in [3.8, 4) is 0 Å². The van der Waals surface area contributed by atoms with Crippen molar-refractivity contribution in [1.82, 2.24) is 15.1 Å². The van der Waals surface area contributed by atoms with E-state index in [-0.39, 0.29) is 35.2 Å². The topological polar surface area (TPSA) is 105 Å². The fourth-order valence-corrected chi connectivity index (χ4v) is 6.55. The van der Waals surface area contributed by atoms with Crippen molar-refractivity contribution < 1.29 is 19.4 Å². The number of ether oxygens (including phenoxy) is 1. The number of anilines is 1. The van der Waals surface area contributed by atoms with E-state index in [9.17, 15) is 14.7 Å². The molecule has 0 bridgehead atoms. The fourth-order valence-electron chi connectivity index (χ4n) is 5.97. The van der Waals surface area contributed by atoms with Gasteiger partial charge in [0, 0.05) is 36.8 Å². The van der Waals surface area contributed by atoms with Gasteiger partial charge in [0.25, 0.3) is 5.91 Å². The third kappa shape index (κ3) is 5.33. The van der Waals surface area contributed by atoms with Crippen LogP contribution in [-0.2, 0) is 4.74 Å². The molecule has 2 aromatic carbocycles. The first kappa shape index (κ1) is 25.6. The highest BCUT2D eigenvalue weighted by atomic mass is 32.1. The first-order chi connectivity index (χ1) is 17.6. The van der Waals surface area contributed by atoms with Crippen LogP contribution in [0.1, 0.15) is 66.9 Å². The Hall–Kier alpha value is -3.04. The maximum absolute atomic E-state index is 13.1. The molecule has 1 aromatic heterocycles. The molecule has 9 heteroatoms. The average Bonchev–Trinajstić information content (AvgIpc) is 3.53. The van der Waals surface area contributed by atoms with Crippen LogP contribution in [0.25, 0.3) is 10.8 Å². The predicted molar refractivity (Wildman–Crippen MR) is 144 cm³/mol. The van der Waals surface area contributed by atoms with E-state index in [0.717, 1.165) is 40.6 Å². The highest BCUT2D eigenvalue weighted by Crippen LogP contribution is 2.51. The maximum Gasteiger partial charge on any atom is 0.407 e. The molecule has 3 atom stereocenters. The Kier molecular flexibility index (Phi) is 6.93. The van der Waals surface area contributed by atoms with Crippen molar-refractivity contribution in [2.75, 3.05) is 18.5 Å². The number of amides is 2. The third-order valence-corrected chi connectivity index (χ3v) is 8.29. The SMILES string of the molecule is Cc1nnc(NC(=O)c2cc([C@@H]3C[C@H]3N(C(=O)O)C(C3CCOCC3)C(C)(C)C)c3ccccc3c2)s1. The number of benzene rings is 2. The lowest BCUT2D eigenvalue weighted by Crippen LogP contribution is -2.53. The second-order valence-electron chi connectivity index (χ2n) is 11.2. The van der Waals surface area contributed by atoms with Gasteiger partial charge < -0.3 is 14.7 Å². The van der Waals surface area contributed by atoms with E-state index in [1.54, 1.807) is 4.90 Å². The lowest BCUT2D eigenvalue weighted by molar-refractivity contribution is -0.0101. The first-order valence-corrected chi connectivity index (χ1v) is 13.7. The maximum atomic E-state index is 13.1. The number of carbonyl (C=O) groups excluding carboxylic acids is 1. The lowest BCUT2D eigenvalue weighted by atomic mass is 9.75. The van der Waals surface area contributed by atoms with Crippen LogP contribution in [0.4, 0.5) is 9.93 Å². The monoisotopic (exact) mass is 522 g/mol. The Morgan fingerprint density at radius 1 is 1.16 bits per heavy atom. The zero-order valence-corrected chi connectivity index (χ0v) is 22.5. The van der Waals surface area contributed by atoms with Crippen LogP contribution < -0.4 is 5.32 Å². The van der Waals surface area contributed by atoms with Gasteiger partial charge >= 0.3 is 6.09 Å². The van der Waals surface area contributed by atoms with Crippen LogP contribution in [0.3, 0.4) is 0 Å². The number of fused-ring (bicyclic) bond motifs is 1. The summed E-state index contributed by atoms with van der Waals surface area (Å²) in [4.78, 5) is 27.6. The lowest BCUT2D eigenvalue weighted by Gasteiger charge is -2.45. The summed E-state index contributed by atoms with van der Waals surface area (Å²) < 4.78 is 5.59. The summed E-state index contributed by atoms with van der Waals surface area (Å²) in [5.74, 6) is 0.0442. The Bertz CT molecular complexity index is 1310. The van der Waals surface area contributed by atoms with E-state index in [1.807, 2.05) is 37.3 Å². The molecule has 2 N–H and O–H groups in total. The molecule has 2 amide bonds. The zero-order chi connectivity index (χ0) is 26.3. The van der Waals surface area contributed by atoms with E-state index in [0.29, 0.717) is 23.9 Å². The number of nitrogens with one attached hydrogen (secondary N) is 1. The molecule has 1 unspecified atom stereocenters. The Morgan fingerprint density at radius 3 is 2.54 bits per heavy atom. The number of nitrogens with zero attached hydrogens (tertiary/aromatic N) is 3. The second kappa shape index (κ2) is 10.0. The van der Waals surface area contributed by atoms with Gasteiger partial charge in [-0.05, 0) is 66.0 Å². The van der Waals surface area contributed by atoms with Crippen molar-refractivity contribution in [1.29, 1.82) is 0 Å². The molecule has 1 aliphatic carbocycles. The van der Waals surface area contributed by atoms with Gasteiger partial charge in [-0.3, -0.25) is 10.1 Å². The molecule has 2 heterocycles. The number of hydrogen-bond acceptors (Lipinski definition) is 6. The van der Waals surface area contributed by atoms with Crippen LogP contribution in [0.5, 0.6) is 0 Å². The first-order valence-electron chi connectivity index (χ1n) is 12.9. The number of hydrogen-bond donors (Lipinski definition) is 2. The molecule has 0 radical (unpaired) electrons. The molecule has 3 aromatic rings. The van der Waals surface area contributed by atoms with E-state index in [4.69, 9.17) is 4.74 Å². The summed E-state index contributed by atoms with van der Waals surface area (Å²) in [6.07, 6.45) is 1.61. The summed E-state index contributed by atoms with van der Waals surface area (Å²) in [5, 5.41) is 24.6. The molecule has 37 heavy (non-hydrogen) atoms. The van der Waals surface area contributed by atoms with E-state index in [1.165, 1.54) is 11.3 Å². The zero-order valence-electron chi connectivity index (χ0n) is 21.7. The van der Waals surface area contributed by atoms with Crippen molar-refractivity contribution in [2.24, 2.45) is 11.3 Å². The molecule has 2 aliphatic rings. The highest BCUT2D eigenvalue weighted by Gasteiger charge is 2.52. The molecule has 5 rings (SSSR count). The summed E-state index contributed by atoms with van der Waals surface area (Å²) in [6, 6.07) is 11.6. The molecule has 1 aliphatic heterocycles. The predicted octanol–water partition coefficient (Wildman–Crippen LogP) is 5.93. The quantitative estimate of drug-likeness (QED) is 0.416. The minimum atomic E-state index is -0.872. The minimum absolute atomic E-state index is 0.0298. The minimum Gasteiger partial charge on any atom is -0.465 e. The molecule has 1 saturated heterocycles. The van der Waals surface area contributed by atoms with Gasteiger partial charge in [0.2, 0.25) is 5.13 Å². The van der Waals surface area contributed by atoms with Crippen molar-refractivity contribution >= 4 is 39.2 Å². The number of carboxylic acid groups (broad SMARTS) is 1. The van der Waals surface area contributed by atoms with Crippen LogP contribution in [0.2, 0.25) is 0 Å². The smallest absolute Gasteiger partial charge is 0.407 e. The molecular weight excluding hydrogens is 488 g/mol. The van der Waals surface area contributed by atoms with Gasteiger partial charge in [-0.1, -0.05) is 56.4 Å². The number of rotatable bonds is 6. The highest BCUT2D eigenvalue weighted by molar-refractivity contribution is 7.15. The van der Waals surface area contributed by atoms with Gasteiger partial charge in [-0.15, -0.1) is 10.2 Å². The summed E-state index contributed by atoms with van der Waals surface area (Å²) >= 11 is 1.33. The Balaban J connectivity index is 1.48. The summed E-state index contributed by atoms with van der Waals surface area (Å²) in [7, 11) is 0. The normalized spacial score (nSPS) is 21.0. The van der Waals surface area contributed by atoms with Crippen LogP contribution in [0.15, 0.2) is 36.4 Å². The van der Waals surface area contributed by atoms with E-state index in [2.05, 4.69) is 42.4 Å². The largest absolute Gasteiger partial charge is 0.465 e. The Labute approximate surface area is 221 Å². The van der Waals surface area contributed by atoms with E-state index >= 15 is 0 Å². The van der Waals surface area contributed by atoms with Crippen LogP contribution in [-0.4, -0.2) is 57.5 Å². The molecule has 1 saturated carbocycles. The van der Waals surface area contributed by atoms with Crippen LogP contribution >= 0.6 is 11.3 Å². The third-order valence-electron chi connectivity index (χ3n) is 7.54. The van der Waals surface area contributed by atoms with Crippen molar-refractivity contribution in [3.05, 3.63) is 52.5 Å². The van der Waals surface area contributed by atoms with Crippen LogP contribution in [0, 0.1) is 18.3 Å². The van der Waals surface area contributed by atoms with Crippen molar-refractivity contribution in [2.45, 2.75) is 65.0 Å². The average molecular weight is 523 g/mol. The van der Waals surface area contributed by atoms with Crippen molar-refractivity contribution in [3.63, 3.8) is 0 Å². The summed E-state index contributed by atoms with van der Waals surface area (Å²) in [5.41, 5.74) is 1.34. The second-order valence-corrected chi connectivity index (χ2v) is 12.4. The number of carbonyl (C=O) groups is 2. The van der Waals surface area contributed by atoms with Gasteiger partial charge in [-0.2, -0.15) is 0 Å².